The van der Waals surface area contributed by atoms with Crippen molar-refractivity contribution in [3.63, 3.8) is 0 Å². The maximum Gasteiger partial charge on any atom is 1.00 e. The Labute approximate surface area is 222 Å². The van der Waals surface area contributed by atoms with Gasteiger partial charge in [0.05, 0.1) is 23.4 Å². The van der Waals surface area contributed by atoms with Crippen molar-refractivity contribution in [2.24, 2.45) is 0 Å². The van der Waals surface area contributed by atoms with Crippen LogP contribution in [0.15, 0.2) is 53.0 Å². The predicted octanol–water partition coefficient (Wildman–Crippen LogP) is 3.04. The summed E-state index contributed by atoms with van der Waals surface area (Å²) in [6, 6.07) is 17.5. The van der Waals surface area contributed by atoms with E-state index in [0.717, 1.165) is 42.2 Å². The Morgan fingerprint density at radius 2 is 1.55 bits per heavy atom. The van der Waals surface area contributed by atoms with E-state index in [2.05, 4.69) is 27.3 Å². The molecule has 29 heavy (non-hydrogen) atoms. The van der Waals surface area contributed by atoms with Gasteiger partial charge in [0.25, 0.3) is 0 Å². The standard InChI is InChI=1S/C23H9BrN2O2.Rb/c24-16-7-4-10-2-1-3-12-13-5-6-14-19-15(23(28)26-22(14)27)8-11(9-25)18(20(13)19)21(16)17(10)12;/h1-8H,(H,26,27,28);/q;+1/p-1. The summed E-state index contributed by atoms with van der Waals surface area (Å²) in [5, 5.41) is 20.6. The number of imide groups is 1. The van der Waals surface area contributed by atoms with Crippen molar-refractivity contribution in [2.75, 3.05) is 0 Å². The number of nitrogens with zero attached hydrogens (tertiary/aromatic N) is 2. The van der Waals surface area contributed by atoms with Crippen molar-refractivity contribution < 1.29 is 67.8 Å². The SMILES string of the molecule is N#Cc1cc2c3c(ccc4c5cccc6ccc(Br)c(c1c34)c65)C(=O)[N-]C2=O.[Rb+]. The van der Waals surface area contributed by atoms with Gasteiger partial charge in [-0.2, -0.15) is 5.26 Å². The van der Waals surface area contributed by atoms with Crippen LogP contribution in [-0.4, -0.2) is 11.8 Å². The molecule has 1 heterocycles. The number of amides is 2. The molecule has 130 valence electrons. The fourth-order valence-electron chi connectivity index (χ4n) is 4.52. The van der Waals surface area contributed by atoms with Gasteiger partial charge in [0.1, 0.15) is 0 Å². The zero-order valence-corrected chi connectivity index (χ0v) is 21.7. The molecule has 5 aromatic carbocycles. The van der Waals surface area contributed by atoms with Gasteiger partial charge in [-0.3, -0.25) is 0 Å². The fraction of sp³-hybridized carbons (Fsp3) is 0. The van der Waals surface area contributed by atoms with Crippen molar-refractivity contribution in [3.05, 3.63) is 75.0 Å². The molecule has 0 spiro atoms. The van der Waals surface area contributed by atoms with Gasteiger partial charge < -0.3 is 14.9 Å². The molecular weight excluding hydrogens is 502 g/mol. The van der Waals surface area contributed by atoms with Gasteiger partial charge in [-0.1, -0.05) is 52.3 Å². The monoisotopic (exact) mass is 508 g/mol. The Hall–Kier alpha value is -1.68. The van der Waals surface area contributed by atoms with Crippen molar-refractivity contribution in [3.8, 4) is 6.07 Å². The summed E-state index contributed by atoms with van der Waals surface area (Å²) in [5.41, 5.74) is 1.12. The van der Waals surface area contributed by atoms with Crippen LogP contribution < -0.4 is 58.2 Å². The Morgan fingerprint density at radius 1 is 0.793 bits per heavy atom. The Kier molecular flexibility index (Phi) is 4.43. The molecule has 1 aliphatic heterocycles. The number of nitriles is 1. The molecule has 5 aromatic rings. The largest absolute Gasteiger partial charge is 1.00 e. The van der Waals surface area contributed by atoms with Crippen LogP contribution in [0.1, 0.15) is 26.3 Å². The van der Waals surface area contributed by atoms with E-state index < -0.39 is 11.8 Å². The molecule has 0 saturated carbocycles. The molecule has 0 aromatic heterocycles. The maximum atomic E-state index is 12.5. The second-order valence-corrected chi connectivity index (χ2v) is 7.77. The van der Waals surface area contributed by atoms with Crippen LogP contribution in [0.5, 0.6) is 0 Å². The third kappa shape index (κ3) is 2.41. The summed E-state index contributed by atoms with van der Waals surface area (Å²) in [6.45, 7) is 0. The second-order valence-electron chi connectivity index (χ2n) is 6.92. The molecule has 0 bridgehead atoms. The third-order valence-electron chi connectivity index (χ3n) is 5.60. The molecule has 0 radical (unpaired) electrons. The maximum absolute atomic E-state index is 12.5. The zero-order valence-electron chi connectivity index (χ0n) is 15.2. The average Bonchev–Trinajstić information content (AvgIpc) is 2.71. The van der Waals surface area contributed by atoms with E-state index in [4.69, 9.17) is 0 Å². The number of carbonyl (C=O) groups excluding carboxylic acids is 2. The molecule has 6 heteroatoms. The first-order valence-corrected chi connectivity index (χ1v) is 9.45. The molecule has 0 saturated heterocycles. The number of halogens is 1. The van der Waals surface area contributed by atoms with Crippen LogP contribution in [-0.2, 0) is 0 Å². The van der Waals surface area contributed by atoms with Crippen LogP contribution in [0.2, 0.25) is 0 Å². The fourth-order valence-corrected chi connectivity index (χ4v) is 5.05. The van der Waals surface area contributed by atoms with Gasteiger partial charge in [-0.15, -0.1) is 0 Å². The molecule has 4 nitrogen and oxygen atoms in total. The summed E-state index contributed by atoms with van der Waals surface area (Å²) in [5.74, 6) is -1.12. The van der Waals surface area contributed by atoms with Crippen LogP contribution in [0, 0.1) is 11.3 Å². The van der Waals surface area contributed by atoms with Gasteiger partial charge in [0, 0.05) is 37.1 Å². The minimum Gasteiger partial charge on any atom is -0.587 e. The molecule has 0 N–H and O–H groups in total. The topological polar surface area (TPSA) is 72.0 Å². The minimum atomic E-state index is -0.589. The summed E-state index contributed by atoms with van der Waals surface area (Å²) >= 11 is 3.66. The van der Waals surface area contributed by atoms with Gasteiger partial charge in [0.2, 0.25) is 0 Å². The summed E-state index contributed by atoms with van der Waals surface area (Å²) in [7, 11) is 0. The quantitative estimate of drug-likeness (QED) is 0.183. The molecule has 2 amide bonds. The molecule has 0 fully saturated rings. The van der Waals surface area contributed by atoms with Gasteiger partial charge >= 0.3 is 58.2 Å². The van der Waals surface area contributed by atoms with Gasteiger partial charge in [-0.05, 0) is 33.7 Å². The van der Waals surface area contributed by atoms with E-state index in [1.165, 1.54) is 0 Å². The number of carbonyl (C=O) groups is 2. The zero-order chi connectivity index (χ0) is 19.2. The molecule has 6 rings (SSSR count). The smallest absolute Gasteiger partial charge is 0.587 e. The Morgan fingerprint density at radius 3 is 2.34 bits per heavy atom. The second kappa shape index (κ2) is 6.66. The van der Waals surface area contributed by atoms with E-state index in [9.17, 15) is 14.9 Å². The first kappa shape index (κ1) is 19.3. The molecule has 0 aliphatic carbocycles. The van der Waals surface area contributed by atoms with Crippen molar-refractivity contribution >= 4 is 70.8 Å². The van der Waals surface area contributed by atoms with Crippen molar-refractivity contribution in [1.82, 2.24) is 0 Å². The van der Waals surface area contributed by atoms with Crippen LogP contribution in [0.4, 0.5) is 0 Å². The van der Waals surface area contributed by atoms with E-state index >= 15 is 0 Å². The number of hydrogen-bond acceptors (Lipinski definition) is 3. The van der Waals surface area contributed by atoms with Crippen LogP contribution in [0.25, 0.3) is 48.4 Å². The molecule has 0 unspecified atom stereocenters. The van der Waals surface area contributed by atoms with Gasteiger partial charge in [0.15, 0.2) is 0 Å². The van der Waals surface area contributed by atoms with Crippen LogP contribution >= 0.6 is 15.9 Å². The first-order valence-electron chi connectivity index (χ1n) is 8.66. The van der Waals surface area contributed by atoms with Crippen molar-refractivity contribution in [1.29, 1.82) is 5.26 Å². The van der Waals surface area contributed by atoms with E-state index in [0.29, 0.717) is 22.1 Å². The number of fused-ring (bicyclic) bond motifs is 2. The Balaban J connectivity index is 0.00000181. The predicted molar refractivity (Wildman–Crippen MR) is 112 cm³/mol. The average molecular weight is 510 g/mol. The summed E-state index contributed by atoms with van der Waals surface area (Å²) in [6.07, 6.45) is 0. The van der Waals surface area contributed by atoms with E-state index in [1.807, 2.05) is 36.4 Å². The minimum absolute atomic E-state index is 0. The first-order chi connectivity index (χ1) is 13.6. The summed E-state index contributed by atoms with van der Waals surface area (Å²) < 4.78 is 0.869. The number of benzene rings is 5. The summed E-state index contributed by atoms with van der Waals surface area (Å²) in [4.78, 5) is 24.9. The third-order valence-corrected chi connectivity index (χ3v) is 6.26. The Bertz CT molecular complexity index is 1600. The van der Waals surface area contributed by atoms with E-state index in [-0.39, 0.29) is 58.2 Å². The van der Waals surface area contributed by atoms with Crippen molar-refractivity contribution in [2.45, 2.75) is 0 Å². The number of rotatable bonds is 0. The van der Waals surface area contributed by atoms with Gasteiger partial charge in [-0.25, -0.2) is 0 Å². The molecular formula is C23H8BrN2O2Rb. The van der Waals surface area contributed by atoms with E-state index in [1.54, 1.807) is 12.1 Å². The molecule has 1 aliphatic rings. The number of hydrogen-bond donors (Lipinski definition) is 0. The normalized spacial score (nSPS) is 13.1. The molecule has 0 atom stereocenters. The van der Waals surface area contributed by atoms with Crippen LogP contribution in [0.3, 0.4) is 0 Å².